The largest absolute Gasteiger partial charge is 0.496 e. The Balaban J connectivity index is 1.89. The van der Waals surface area contributed by atoms with Crippen molar-refractivity contribution >= 4 is 17.6 Å². The third-order valence-corrected chi connectivity index (χ3v) is 5.44. The van der Waals surface area contributed by atoms with Gasteiger partial charge in [0.05, 0.1) is 25.8 Å². The summed E-state index contributed by atoms with van der Waals surface area (Å²) in [5, 5.41) is 0. The van der Waals surface area contributed by atoms with Crippen molar-refractivity contribution in [2.24, 2.45) is 4.99 Å². The highest BCUT2D eigenvalue weighted by atomic mass is 16.5. The number of aliphatic imine (C=N–C) groups is 1. The zero-order chi connectivity index (χ0) is 17.8. The van der Waals surface area contributed by atoms with Crippen LogP contribution in [0.1, 0.15) is 19.4 Å². The first kappa shape index (κ1) is 15.8. The molecular weight excluding hydrogens is 316 g/mol. The van der Waals surface area contributed by atoms with Crippen molar-refractivity contribution < 1.29 is 14.2 Å². The molecule has 0 aromatic heterocycles. The second-order valence-corrected chi connectivity index (χ2v) is 6.93. The van der Waals surface area contributed by atoms with Crippen molar-refractivity contribution in [3.8, 4) is 17.2 Å². The number of fused-ring (bicyclic) bond motifs is 2. The second kappa shape index (κ2) is 5.15. The Morgan fingerprint density at radius 3 is 2.52 bits per heavy atom. The average molecular weight is 338 g/mol. The van der Waals surface area contributed by atoms with Gasteiger partial charge in [-0.2, -0.15) is 0 Å². The molecule has 0 saturated heterocycles. The lowest BCUT2D eigenvalue weighted by Crippen LogP contribution is -2.61. The number of benzene rings is 2. The van der Waals surface area contributed by atoms with E-state index in [1.165, 1.54) is 5.56 Å². The fourth-order valence-electron chi connectivity index (χ4n) is 3.91. The minimum absolute atomic E-state index is 0.282. The summed E-state index contributed by atoms with van der Waals surface area (Å²) in [5.74, 6) is 1.97. The van der Waals surface area contributed by atoms with Crippen LogP contribution in [0.3, 0.4) is 0 Å². The van der Waals surface area contributed by atoms with Crippen molar-refractivity contribution in [3.05, 3.63) is 42.0 Å². The number of ether oxygens (including phenoxy) is 3. The Morgan fingerprint density at radius 1 is 1.08 bits per heavy atom. The normalized spacial score (nSPS) is 22.4. The predicted molar refractivity (Wildman–Crippen MR) is 98.9 cm³/mol. The minimum Gasteiger partial charge on any atom is -0.496 e. The van der Waals surface area contributed by atoms with Gasteiger partial charge in [0.2, 0.25) is 5.72 Å². The standard InChI is InChI=1S/C20H22N2O3/c1-19(2)14-8-6-7-9-15(14)22(3)20(19)12-21-18-16(24-5)10-13(23-4)11-17(18)25-20/h6-12H,1-5H3/t20-/m1/s1. The van der Waals surface area contributed by atoms with E-state index < -0.39 is 5.72 Å². The van der Waals surface area contributed by atoms with Crippen LogP contribution in [0.2, 0.25) is 0 Å². The smallest absolute Gasteiger partial charge is 0.228 e. The van der Waals surface area contributed by atoms with E-state index in [-0.39, 0.29) is 5.41 Å². The van der Waals surface area contributed by atoms with Gasteiger partial charge in [-0.3, -0.25) is 0 Å². The number of hydrogen-bond donors (Lipinski definition) is 0. The number of hydrogen-bond acceptors (Lipinski definition) is 5. The van der Waals surface area contributed by atoms with Gasteiger partial charge in [0, 0.05) is 24.9 Å². The lowest BCUT2D eigenvalue weighted by atomic mass is 9.77. The molecule has 0 aliphatic carbocycles. The number of nitrogens with zero attached hydrogens (tertiary/aromatic N) is 2. The quantitative estimate of drug-likeness (QED) is 0.832. The fourth-order valence-corrected chi connectivity index (χ4v) is 3.91. The highest BCUT2D eigenvalue weighted by Crippen LogP contribution is 2.55. The van der Waals surface area contributed by atoms with Crippen LogP contribution in [0.15, 0.2) is 41.4 Å². The Hall–Kier alpha value is -2.69. The molecule has 2 aliphatic heterocycles. The van der Waals surface area contributed by atoms with E-state index in [1.807, 2.05) is 31.5 Å². The lowest BCUT2D eigenvalue weighted by molar-refractivity contribution is 0.0818. The number of methoxy groups -OCH3 is 2. The van der Waals surface area contributed by atoms with Crippen LogP contribution < -0.4 is 19.1 Å². The molecular formula is C20H22N2O3. The molecule has 0 saturated carbocycles. The van der Waals surface area contributed by atoms with E-state index in [9.17, 15) is 0 Å². The third kappa shape index (κ3) is 1.92. The topological polar surface area (TPSA) is 43.3 Å². The first-order valence-corrected chi connectivity index (χ1v) is 8.28. The van der Waals surface area contributed by atoms with Crippen LogP contribution >= 0.6 is 0 Å². The van der Waals surface area contributed by atoms with Gasteiger partial charge in [-0.05, 0) is 25.5 Å². The maximum Gasteiger partial charge on any atom is 0.228 e. The van der Waals surface area contributed by atoms with Gasteiger partial charge in [-0.15, -0.1) is 0 Å². The van der Waals surface area contributed by atoms with E-state index in [1.54, 1.807) is 14.2 Å². The van der Waals surface area contributed by atoms with E-state index in [0.717, 1.165) is 5.69 Å². The highest BCUT2D eigenvalue weighted by molar-refractivity contribution is 5.89. The Morgan fingerprint density at radius 2 is 1.84 bits per heavy atom. The average Bonchev–Trinajstić information content (AvgIpc) is 2.79. The summed E-state index contributed by atoms with van der Waals surface area (Å²) < 4.78 is 17.4. The number of para-hydroxylation sites is 1. The fraction of sp³-hybridized carbons (Fsp3) is 0.350. The molecule has 4 rings (SSSR count). The molecule has 2 aromatic rings. The summed E-state index contributed by atoms with van der Waals surface area (Å²) in [6.07, 6.45) is 1.89. The predicted octanol–water partition coefficient (Wildman–Crippen LogP) is 3.92. The van der Waals surface area contributed by atoms with Gasteiger partial charge in [-0.1, -0.05) is 18.2 Å². The van der Waals surface area contributed by atoms with Gasteiger partial charge < -0.3 is 19.1 Å². The van der Waals surface area contributed by atoms with Crippen LogP contribution in [-0.2, 0) is 5.41 Å². The Bertz CT molecular complexity index is 875. The van der Waals surface area contributed by atoms with Gasteiger partial charge in [-0.25, -0.2) is 4.99 Å². The second-order valence-electron chi connectivity index (χ2n) is 6.93. The molecule has 2 aromatic carbocycles. The molecule has 1 spiro atoms. The highest BCUT2D eigenvalue weighted by Gasteiger charge is 2.58. The molecule has 0 radical (unpaired) electrons. The van der Waals surface area contributed by atoms with Crippen molar-refractivity contribution in [3.63, 3.8) is 0 Å². The maximum atomic E-state index is 6.59. The zero-order valence-electron chi connectivity index (χ0n) is 15.2. The van der Waals surface area contributed by atoms with Gasteiger partial charge in [0.1, 0.15) is 11.4 Å². The van der Waals surface area contributed by atoms with Crippen LogP contribution in [0, 0.1) is 0 Å². The van der Waals surface area contributed by atoms with Crippen LogP contribution in [0.5, 0.6) is 17.2 Å². The Labute approximate surface area is 147 Å². The first-order chi connectivity index (χ1) is 11.9. The van der Waals surface area contributed by atoms with Gasteiger partial charge in [0.15, 0.2) is 11.5 Å². The first-order valence-electron chi connectivity index (χ1n) is 8.28. The lowest BCUT2D eigenvalue weighted by Gasteiger charge is -2.44. The monoisotopic (exact) mass is 338 g/mol. The van der Waals surface area contributed by atoms with Crippen molar-refractivity contribution in [1.29, 1.82) is 0 Å². The van der Waals surface area contributed by atoms with Crippen LogP contribution in [0.4, 0.5) is 11.4 Å². The summed E-state index contributed by atoms with van der Waals surface area (Å²) in [5.41, 5.74) is 2.09. The van der Waals surface area contributed by atoms with E-state index in [2.05, 4.69) is 36.9 Å². The summed E-state index contributed by atoms with van der Waals surface area (Å²) in [6.45, 7) is 4.37. The zero-order valence-corrected chi connectivity index (χ0v) is 15.2. The number of anilines is 1. The molecule has 5 nitrogen and oxygen atoms in total. The molecule has 0 bridgehead atoms. The van der Waals surface area contributed by atoms with Crippen molar-refractivity contribution in [2.75, 3.05) is 26.2 Å². The molecule has 0 amide bonds. The summed E-state index contributed by atoms with van der Waals surface area (Å²) in [6, 6.07) is 12.1. The molecule has 2 aliphatic rings. The molecule has 1 atom stereocenters. The summed E-state index contributed by atoms with van der Waals surface area (Å²) in [4.78, 5) is 6.88. The maximum absolute atomic E-state index is 6.59. The SMILES string of the molecule is COc1cc(OC)c2c(c1)O[C@@]1(C=N2)N(C)c2ccccc2C1(C)C. The van der Waals surface area contributed by atoms with Gasteiger partial charge >= 0.3 is 0 Å². The summed E-state index contributed by atoms with van der Waals surface area (Å²) >= 11 is 0. The van der Waals surface area contributed by atoms with E-state index >= 15 is 0 Å². The van der Waals surface area contributed by atoms with E-state index in [4.69, 9.17) is 19.2 Å². The van der Waals surface area contributed by atoms with Crippen LogP contribution in [-0.4, -0.2) is 33.2 Å². The Kier molecular flexibility index (Phi) is 3.26. The molecule has 0 N–H and O–H groups in total. The third-order valence-electron chi connectivity index (χ3n) is 5.44. The van der Waals surface area contributed by atoms with Crippen molar-refractivity contribution in [1.82, 2.24) is 0 Å². The molecule has 130 valence electrons. The molecule has 0 unspecified atom stereocenters. The summed E-state index contributed by atoms with van der Waals surface area (Å²) in [7, 11) is 5.29. The van der Waals surface area contributed by atoms with Crippen molar-refractivity contribution in [2.45, 2.75) is 25.0 Å². The molecule has 2 heterocycles. The number of rotatable bonds is 2. The molecule has 25 heavy (non-hydrogen) atoms. The molecule has 5 heteroatoms. The van der Waals surface area contributed by atoms with Gasteiger partial charge in [0.25, 0.3) is 0 Å². The minimum atomic E-state index is -0.707. The number of likely N-dealkylation sites (N-methyl/N-ethyl adjacent to an activating group) is 1. The van der Waals surface area contributed by atoms with Crippen LogP contribution in [0.25, 0.3) is 0 Å². The molecule has 0 fully saturated rings. The van der Waals surface area contributed by atoms with E-state index in [0.29, 0.717) is 22.9 Å².